The van der Waals surface area contributed by atoms with E-state index < -0.39 is 15.9 Å². The van der Waals surface area contributed by atoms with Gasteiger partial charge in [-0.3, -0.25) is 13.9 Å². The lowest BCUT2D eigenvalue weighted by Gasteiger charge is -2.20. The van der Waals surface area contributed by atoms with Gasteiger partial charge in [0.15, 0.2) is 0 Å². The third-order valence-electron chi connectivity index (χ3n) is 5.49. The van der Waals surface area contributed by atoms with E-state index in [-0.39, 0.29) is 22.4 Å². The Balaban J connectivity index is 1.51. The van der Waals surface area contributed by atoms with E-state index in [9.17, 15) is 18.0 Å². The second kappa shape index (κ2) is 9.56. The van der Waals surface area contributed by atoms with Crippen LogP contribution in [0.3, 0.4) is 0 Å². The molecule has 0 radical (unpaired) electrons. The van der Waals surface area contributed by atoms with Gasteiger partial charge in [-0.2, -0.15) is 0 Å². The largest absolute Gasteiger partial charge is 0.497 e. The molecule has 2 N–H and O–H groups in total. The minimum atomic E-state index is -3.90. The van der Waals surface area contributed by atoms with Crippen molar-refractivity contribution in [1.82, 2.24) is 5.32 Å². The van der Waals surface area contributed by atoms with E-state index in [0.717, 1.165) is 17.1 Å². The van der Waals surface area contributed by atoms with Gasteiger partial charge in [0.05, 0.1) is 17.7 Å². The summed E-state index contributed by atoms with van der Waals surface area (Å²) in [5.74, 6) is -0.0560. The number of ether oxygens (including phenoxy) is 1. The third kappa shape index (κ3) is 5.20. The van der Waals surface area contributed by atoms with Gasteiger partial charge in [-0.05, 0) is 73.5 Å². The lowest BCUT2D eigenvalue weighted by molar-refractivity contribution is 0.0949. The van der Waals surface area contributed by atoms with E-state index in [0.29, 0.717) is 22.7 Å². The average molecular weight is 480 g/mol. The van der Waals surface area contributed by atoms with Crippen LogP contribution in [0.15, 0.2) is 77.7 Å². The Hall–Kier alpha value is -3.85. The molecule has 1 aliphatic carbocycles. The van der Waals surface area contributed by atoms with Gasteiger partial charge in [-0.1, -0.05) is 12.1 Å². The molecule has 0 heterocycles. The lowest BCUT2D eigenvalue weighted by Crippen LogP contribution is -2.27. The molecule has 1 aliphatic rings. The molecule has 4 rings (SSSR count). The van der Waals surface area contributed by atoms with E-state index in [1.165, 1.54) is 38.4 Å². The Bertz CT molecular complexity index is 1320. The molecule has 1 saturated carbocycles. The first kappa shape index (κ1) is 23.3. The third-order valence-corrected chi connectivity index (χ3v) is 7.27. The van der Waals surface area contributed by atoms with Crippen molar-refractivity contribution in [2.75, 3.05) is 23.8 Å². The Morgan fingerprint density at radius 3 is 2.21 bits per heavy atom. The van der Waals surface area contributed by atoms with Crippen LogP contribution in [0.25, 0.3) is 0 Å². The molecular weight excluding hydrogens is 454 g/mol. The van der Waals surface area contributed by atoms with E-state index in [1.54, 1.807) is 48.5 Å². The molecule has 0 aliphatic heterocycles. The maximum atomic E-state index is 13.2. The highest BCUT2D eigenvalue weighted by atomic mass is 32.2. The molecule has 0 bridgehead atoms. The summed E-state index contributed by atoms with van der Waals surface area (Å²) >= 11 is 0. The number of rotatable bonds is 8. The van der Waals surface area contributed by atoms with Gasteiger partial charge in [-0.25, -0.2) is 8.42 Å². The van der Waals surface area contributed by atoms with Crippen LogP contribution < -0.4 is 19.7 Å². The van der Waals surface area contributed by atoms with Crippen molar-refractivity contribution in [3.8, 4) is 5.75 Å². The minimum Gasteiger partial charge on any atom is -0.497 e. The van der Waals surface area contributed by atoms with Crippen LogP contribution >= 0.6 is 0 Å². The summed E-state index contributed by atoms with van der Waals surface area (Å²) in [5.41, 5.74) is 1.52. The molecule has 0 spiro atoms. The summed E-state index contributed by atoms with van der Waals surface area (Å²) in [6.07, 6.45) is 1.96. The van der Waals surface area contributed by atoms with Gasteiger partial charge in [0.25, 0.3) is 21.8 Å². The average Bonchev–Trinajstić information content (AvgIpc) is 3.68. The Morgan fingerprint density at radius 2 is 1.56 bits per heavy atom. The molecule has 3 aromatic carbocycles. The van der Waals surface area contributed by atoms with Crippen LogP contribution in [0, 0.1) is 0 Å². The number of carbonyl (C=O) groups is 2. The maximum Gasteiger partial charge on any atom is 0.264 e. The van der Waals surface area contributed by atoms with Gasteiger partial charge in [0, 0.05) is 29.9 Å². The molecular formula is C25H25N3O5S. The Labute approximate surface area is 198 Å². The van der Waals surface area contributed by atoms with Crippen molar-refractivity contribution in [3.63, 3.8) is 0 Å². The first-order chi connectivity index (χ1) is 16.3. The normalized spacial score (nSPS) is 13.1. The second-order valence-corrected chi connectivity index (χ2v) is 9.95. The second-order valence-electron chi connectivity index (χ2n) is 7.98. The van der Waals surface area contributed by atoms with Crippen LogP contribution in [-0.4, -0.2) is 40.4 Å². The van der Waals surface area contributed by atoms with Crippen LogP contribution in [0.4, 0.5) is 11.4 Å². The van der Waals surface area contributed by atoms with Crippen molar-refractivity contribution < 1.29 is 22.7 Å². The monoisotopic (exact) mass is 479 g/mol. The van der Waals surface area contributed by atoms with Gasteiger partial charge < -0.3 is 15.4 Å². The quantitative estimate of drug-likeness (QED) is 0.513. The number of sulfonamides is 1. The molecule has 0 atom stereocenters. The molecule has 0 unspecified atom stereocenters. The molecule has 0 aromatic heterocycles. The van der Waals surface area contributed by atoms with Crippen molar-refractivity contribution in [2.45, 2.75) is 23.8 Å². The van der Waals surface area contributed by atoms with Gasteiger partial charge in [0.2, 0.25) is 0 Å². The number of hydrogen-bond donors (Lipinski definition) is 2. The number of nitrogens with zero attached hydrogens (tertiary/aromatic N) is 1. The van der Waals surface area contributed by atoms with Crippen molar-refractivity contribution in [3.05, 3.63) is 83.9 Å². The van der Waals surface area contributed by atoms with E-state index >= 15 is 0 Å². The van der Waals surface area contributed by atoms with Crippen LogP contribution in [0.2, 0.25) is 0 Å². The molecule has 9 heteroatoms. The topological polar surface area (TPSA) is 105 Å². The standard InChI is InChI=1S/C25H25N3O5S/c1-28(21-11-13-22(33-2)14-12-21)34(31,32)23-8-4-6-18(16-23)25(30)27-20-7-3-5-17(15-20)24(29)26-19-9-10-19/h3-8,11-16,19H,9-10H2,1-2H3,(H,26,29)(H,27,30). The van der Waals surface area contributed by atoms with E-state index in [2.05, 4.69) is 10.6 Å². The molecule has 34 heavy (non-hydrogen) atoms. The van der Waals surface area contributed by atoms with Crippen LogP contribution in [-0.2, 0) is 10.0 Å². The number of anilines is 2. The highest BCUT2D eigenvalue weighted by Gasteiger charge is 2.24. The van der Waals surface area contributed by atoms with Gasteiger partial charge in [0.1, 0.15) is 5.75 Å². The van der Waals surface area contributed by atoms with Gasteiger partial charge >= 0.3 is 0 Å². The zero-order chi connectivity index (χ0) is 24.3. The predicted octanol–water partition coefficient (Wildman–Crippen LogP) is 3.66. The maximum absolute atomic E-state index is 13.2. The molecule has 1 fully saturated rings. The fraction of sp³-hybridized carbons (Fsp3) is 0.200. The van der Waals surface area contributed by atoms with Gasteiger partial charge in [-0.15, -0.1) is 0 Å². The smallest absolute Gasteiger partial charge is 0.264 e. The number of methoxy groups -OCH3 is 1. The molecule has 176 valence electrons. The molecule has 0 saturated heterocycles. The van der Waals surface area contributed by atoms with Crippen molar-refractivity contribution in [1.29, 1.82) is 0 Å². The first-order valence-electron chi connectivity index (χ1n) is 10.7. The molecule has 2 amide bonds. The van der Waals surface area contributed by atoms with Crippen LogP contribution in [0.1, 0.15) is 33.6 Å². The summed E-state index contributed by atoms with van der Waals surface area (Å²) in [7, 11) is -0.925. The zero-order valence-corrected chi connectivity index (χ0v) is 19.6. The highest BCUT2D eigenvalue weighted by molar-refractivity contribution is 7.92. The number of benzene rings is 3. The fourth-order valence-electron chi connectivity index (χ4n) is 3.32. The number of amides is 2. The SMILES string of the molecule is COc1ccc(N(C)S(=O)(=O)c2cccc(C(=O)Nc3cccc(C(=O)NC4CC4)c3)c2)cc1. The predicted molar refractivity (Wildman–Crippen MR) is 130 cm³/mol. The lowest BCUT2D eigenvalue weighted by atomic mass is 10.1. The number of nitrogens with one attached hydrogen (secondary N) is 2. The minimum absolute atomic E-state index is 0.0176. The molecule has 8 nitrogen and oxygen atoms in total. The zero-order valence-electron chi connectivity index (χ0n) is 18.8. The van der Waals surface area contributed by atoms with E-state index in [1.807, 2.05) is 0 Å². The van der Waals surface area contributed by atoms with Crippen molar-refractivity contribution in [2.24, 2.45) is 0 Å². The van der Waals surface area contributed by atoms with Crippen molar-refractivity contribution >= 4 is 33.2 Å². The highest BCUT2D eigenvalue weighted by Crippen LogP contribution is 2.25. The Kier molecular flexibility index (Phi) is 6.56. The fourth-order valence-corrected chi connectivity index (χ4v) is 4.57. The summed E-state index contributed by atoms with van der Waals surface area (Å²) in [4.78, 5) is 25.1. The summed E-state index contributed by atoms with van der Waals surface area (Å²) in [6, 6.07) is 19.3. The van der Waals surface area contributed by atoms with E-state index in [4.69, 9.17) is 4.74 Å². The summed E-state index contributed by atoms with van der Waals surface area (Å²) < 4.78 is 32.6. The Morgan fingerprint density at radius 1 is 0.912 bits per heavy atom. The summed E-state index contributed by atoms with van der Waals surface area (Å²) in [6.45, 7) is 0. The summed E-state index contributed by atoms with van der Waals surface area (Å²) in [5, 5.41) is 5.64. The van der Waals surface area contributed by atoms with Crippen LogP contribution in [0.5, 0.6) is 5.75 Å². The first-order valence-corrected chi connectivity index (χ1v) is 12.2. The number of hydrogen-bond acceptors (Lipinski definition) is 5. The number of carbonyl (C=O) groups excluding carboxylic acids is 2. The molecule has 3 aromatic rings.